The van der Waals surface area contributed by atoms with Crippen LogP contribution in [0.3, 0.4) is 0 Å². The first-order valence-corrected chi connectivity index (χ1v) is 11.4. The van der Waals surface area contributed by atoms with Gasteiger partial charge < -0.3 is 15.5 Å². The van der Waals surface area contributed by atoms with Crippen LogP contribution in [0.2, 0.25) is 5.02 Å². The number of hydrogen-bond acceptors (Lipinski definition) is 7. The molecule has 2 aromatic heterocycles. The summed E-state index contributed by atoms with van der Waals surface area (Å²) in [5.41, 5.74) is 0.0971. The maximum absolute atomic E-state index is 13.1. The third-order valence-electron chi connectivity index (χ3n) is 5.67. The monoisotopic (exact) mass is 491 g/mol. The molecule has 0 aromatic carbocycles. The Bertz CT molecular complexity index is 1020. The minimum Gasteiger partial charge on any atom is -0.348 e. The average molecular weight is 492 g/mol. The summed E-state index contributed by atoms with van der Waals surface area (Å²) in [5.74, 6) is -1.09. The third-order valence-corrected chi connectivity index (χ3v) is 5.90. The van der Waals surface area contributed by atoms with Crippen molar-refractivity contribution in [1.29, 1.82) is 0 Å². The summed E-state index contributed by atoms with van der Waals surface area (Å²) in [6, 6.07) is 4.98. The van der Waals surface area contributed by atoms with Gasteiger partial charge in [-0.25, -0.2) is 14.7 Å². The van der Waals surface area contributed by atoms with E-state index in [4.69, 9.17) is 16.4 Å². The van der Waals surface area contributed by atoms with Gasteiger partial charge in [-0.3, -0.25) is 19.2 Å². The molecule has 0 saturated carbocycles. The molecule has 1 saturated heterocycles. The highest BCUT2D eigenvalue weighted by Crippen LogP contribution is 2.15. The number of likely N-dealkylation sites (tertiary alicyclic amines) is 1. The van der Waals surface area contributed by atoms with Crippen LogP contribution in [-0.2, 0) is 16.2 Å². The Morgan fingerprint density at radius 2 is 1.97 bits per heavy atom. The van der Waals surface area contributed by atoms with Crippen molar-refractivity contribution >= 4 is 35.1 Å². The van der Waals surface area contributed by atoms with Gasteiger partial charge in [0.2, 0.25) is 5.91 Å². The molecule has 0 spiro atoms. The standard InChI is InChI=1S/C22H30ClN7O4/c1-14(2)29-9-7-16(8-10-29)25-21(32)18-11-17(22(33)28(3)34-4)27-30(18)13-20(31)26-19-6-5-15(23)12-24-19/h5-6,11-12,14,16H,7-10,13H2,1-4H3,(H,25,32)(H,24,26,31). The number of pyridine rings is 1. The molecule has 184 valence electrons. The van der Waals surface area contributed by atoms with E-state index in [-0.39, 0.29) is 24.0 Å². The molecule has 0 aliphatic carbocycles. The highest BCUT2D eigenvalue weighted by atomic mass is 35.5. The van der Waals surface area contributed by atoms with Crippen LogP contribution in [0.5, 0.6) is 0 Å². The summed E-state index contributed by atoms with van der Waals surface area (Å²) >= 11 is 5.82. The van der Waals surface area contributed by atoms with Gasteiger partial charge in [-0.05, 0) is 38.8 Å². The Balaban J connectivity index is 1.75. The van der Waals surface area contributed by atoms with E-state index in [2.05, 4.69) is 39.5 Å². The second-order valence-corrected chi connectivity index (χ2v) is 8.78. The molecule has 0 radical (unpaired) electrons. The highest BCUT2D eigenvalue weighted by Gasteiger charge is 2.26. The van der Waals surface area contributed by atoms with Gasteiger partial charge in [-0.1, -0.05) is 11.6 Å². The van der Waals surface area contributed by atoms with Crippen molar-refractivity contribution in [2.45, 2.75) is 45.3 Å². The number of piperidine rings is 1. The van der Waals surface area contributed by atoms with Crippen LogP contribution in [0.25, 0.3) is 0 Å². The van der Waals surface area contributed by atoms with E-state index in [1.54, 1.807) is 12.1 Å². The van der Waals surface area contributed by atoms with Crippen molar-refractivity contribution in [1.82, 2.24) is 30.0 Å². The number of amides is 3. The number of rotatable bonds is 8. The second-order valence-electron chi connectivity index (χ2n) is 8.34. The van der Waals surface area contributed by atoms with E-state index in [0.29, 0.717) is 16.9 Å². The van der Waals surface area contributed by atoms with Gasteiger partial charge in [0.05, 0.1) is 12.1 Å². The molecule has 3 amide bonds. The molecule has 1 fully saturated rings. The van der Waals surface area contributed by atoms with E-state index < -0.39 is 17.7 Å². The summed E-state index contributed by atoms with van der Waals surface area (Å²) in [6.45, 7) is 5.79. The molecule has 0 atom stereocenters. The van der Waals surface area contributed by atoms with Crippen LogP contribution < -0.4 is 10.6 Å². The fraction of sp³-hybridized carbons (Fsp3) is 0.500. The minimum atomic E-state index is -0.541. The molecule has 2 N–H and O–H groups in total. The zero-order chi connectivity index (χ0) is 24.8. The molecule has 3 rings (SSSR count). The number of aromatic nitrogens is 3. The summed E-state index contributed by atoms with van der Waals surface area (Å²) in [7, 11) is 2.78. The lowest BCUT2D eigenvalue weighted by atomic mass is 10.0. The number of nitrogens with one attached hydrogen (secondary N) is 2. The lowest BCUT2D eigenvalue weighted by Crippen LogP contribution is -2.47. The van der Waals surface area contributed by atoms with Crippen LogP contribution in [0.15, 0.2) is 24.4 Å². The second kappa shape index (κ2) is 11.4. The predicted molar refractivity (Wildman–Crippen MR) is 126 cm³/mol. The number of carbonyl (C=O) groups is 3. The maximum Gasteiger partial charge on any atom is 0.297 e. The van der Waals surface area contributed by atoms with Crippen LogP contribution in [-0.4, -0.2) is 81.8 Å². The zero-order valence-corrected chi connectivity index (χ0v) is 20.5. The molecular weight excluding hydrogens is 462 g/mol. The lowest BCUT2D eigenvalue weighted by Gasteiger charge is -2.34. The fourth-order valence-corrected chi connectivity index (χ4v) is 3.77. The first-order valence-electron chi connectivity index (χ1n) is 11.0. The summed E-state index contributed by atoms with van der Waals surface area (Å²) in [6.07, 6.45) is 3.05. The molecule has 11 nitrogen and oxygen atoms in total. The van der Waals surface area contributed by atoms with Gasteiger partial charge in [0.15, 0.2) is 5.69 Å². The Hall–Kier alpha value is -3.02. The van der Waals surface area contributed by atoms with Crippen molar-refractivity contribution in [3.05, 3.63) is 40.8 Å². The van der Waals surface area contributed by atoms with Crippen molar-refractivity contribution in [3.8, 4) is 0 Å². The number of hydroxylamine groups is 2. The molecule has 3 heterocycles. The molecule has 2 aromatic rings. The number of halogens is 1. The van der Waals surface area contributed by atoms with Gasteiger partial charge in [0, 0.05) is 44.5 Å². The van der Waals surface area contributed by atoms with Crippen LogP contribution >= 0.6 is 11.6 Å². The average Bonchev–Trinajstić information content (AvgIpc) is 3.23. The normalized spacial score (nSPS) is 14.8. The Labute approximate surface area is 203 Å². The highest BCUT2D eigenvalue weighted by molar-refractivity contribution is 6.30. The van der Waals surface area contributed by atoms with Crippen LogP contribution in [0.4, 0.5) is 5.82 Å². The van der Waals surface area contributed by atoms with Crippen molar-refractivity contribution in [2.75, 3.05) is 32.6 Å². The molecular formula is C22H30ClN7O4. The van der Waals surface area contributed by atoms with Crippen molar-refractivity contribution < 1.29 is 19.2 Å². The van der Waals surface area contributed by atoms with E-state index in [9.17, 15) is 14.4 Å². The third kappa shape index (κ3) is 6.52. The summed E-state index contributed by atoms with van der Waals surface area (Å²) < 4.78 is 1.21. The van der Waals surface area contributed by atoms with E-state index in [0.717, 1.165) is 31.0 Å². The van der Waals surface area contributed by atoms with Gasteiger partial charge in [-0.15, -0.1) is 0 Å². The predicted octanol–water partition coefficient (Wildman–Crippen LogP) is 1.81. The number of carbonyl (C=O) groups excluding carboxylic acids is 3. The van der Waals surface area contributed by atoms with Gasteiger partial charge in [-0.2, -0.15) is 5.10 Å². The Morgan fingerprint density at radius 1 is 1.26 bits per heavy atom. The number of anilines is 1. The molecule has 34 heavy (non-hydrogen) atoms. The van der Waals surface area contributed by atoms with Crippen LogP contribution in [0.1, 0.15) is 47.7 Å². The molecule has 1 aliphatic rings. The first-order chi connectivity index (χ1) is 16.2. The van der Waals surface area contributed by atoms with Gasteiger partial charge in [0.25, 0.3) is 11.8 Å². The first kappa shape index (κ1) is 25.6. The fourth-order valence-electron chi connectivity index (χ4n) is 3.66. The van der Waals surface area contributed by atoms with Crippen molar-refractivity contribution in [2.24, 2.45) is 0 Å². The quantitative estimate of drug-likeness (QED) is 0.540. The molecule has 0 bridgehead atoms. The molecule has 1 aliphatic heterocycles. The topological polar surface area (TPSA) is 122 Å². The number of hydrogen-bond donors (Lipinski definition) is 2. The van der Waals surface area contributed by atoms with Gasteiger partial charge >= 0.3 is 0 Å². The number of nitrogens with zero attached hydrogens (tertiary/aromatic N) is 5. The van der Waals surface area contributed by atoms with Crippen molar-refractivity contribution in [3.63, 3.8) is 0 Å². The Kier molecular flexibility index (Phi) is 8.59. The maximum atomic E-state index is 13.1. The summed E-state index contributed by atoms with van der Waals surface area (Å²) in [4.78, 5) is 49.5. The lowest BCUT2D eigenvalue weighted by molar-refractivity contribution is -0.117. The van der Waals surface area contributed by atoms with E-state index in [1.165, 1.54) is 31.1 Å². The van der Waals surface area contributed by atoms with Gasteiger partial charge in [0.1, 0.15) is 18.1 Å². The molecule has 12 heteroatoms. The summed E-state index contributed by atoms with van der Waals surface area (Å²) in [5, 5.41) is 11.3. The smallest absolute Gasteiger partial charge is 0.297 e. The van der Waals surface area contributed by atoms with Crippen LogP contribution in [0, 0.1) is 0 Å². The van der Waals surface area contributed by atoms with E-state index >= 15 is 0 Å². The molecule has 0 unspecified atom stereocenters. The SMILES string of the molecule is CON(C)C(=O)c1cc(C(=O)NC2CCN(C(C)C)CC2)n(CC(=O)Nc2ccc(Cl)cn2)n1. The van der Waals surface area contributed by atoms with E-state index in [1.807, 2.05) is 0 Å². The Morgan fingerprint density at radius 3 is 2.56 bits per heavy atom. The largest absolute Gasteiger partial charge is 0.348 e. The zero-order valence-electron chi connectivity index (χ0n) is 19.7. The minimum absolute atomic E-state index is 0.00116.